The zero-order valence-corrected chi connectivity index (χ0v) is 16.4. The van der Waals surface area contributed by atoms with Gasteiger partial charge in [0.25, 0.3) is 0 Å². The normalized spacial score (nSPS) is 20.3. The van der Waals surface area contributed by atoms with Crippen molar-refractivity contribution in [2.75, 3.05) is 0 Å². The van der Waals surface area contributed by atoms with Crippen molar-refractivity contribution in [1.29, 1.82) is 0 Å². The molecule has 3 heterocycles. The summed E-state index contributed by atoms with van der Waals surface area (Å²) in [5.74, 6) is -1.10. The lowest BCUT2D eigenvalue weighted by Crippen LogP contribution is -2.15. The van der Waals surface area contributed by atoms with Crippen LogP contribution in [0.3, 0.4) is 0 Å². The molecule has 2 atom stereocenters. The van der Waals surface area contributed by atoms with Crippen molar-refractivity contribution in [3.63, 3.8) is 0 Å². The summed E-state index contributed by atoms with van der Waals surface area (Å²) in [6.45, 7) is 3.56. The van der Waals surface area contributed by atoms with Crippen LogP contribution in [0.25, 0.3) is 5.00 Å². The number of fused-ring (bicyclic) bond motifs is 5. The maximum Gasteiger partial charge on any atom is 0.242 e. The van der Waals surface area contributed by atoms with Crippen molar-refractivity contribution in [3.8, 4) is 5.00 Å². The van der Waals surface area contributed by atoms with E-state index in [0.29, 0.717) is 27.8 Å². The van der Waals surface area contributed by atoms with Crippen molar-refractivity contribution < 1.29 is 17.6 Å². The maximum absolute atomic E-state index is 14.7. The smallest absolute Gasteiger partial charge is 0.242 e. The Morgan fingerprint density at radius 3 is 2.52 bits per heavy atom. The van der Waals surface area contributed by atoms with Gasteiger partial charge in [-0.2, -0.15) is 0 Å². The van der Waals surface area contributed by atoms with Crippen LogP contribution in [-0.4, -0.2) is 26.9 Å². The summed E-state index contributed by atoms with van der Waals surface area (Å²) in [4.78, 5) is 5.42. The van der Waals surface area contributed by atoms with E-state index in [1.54, 1.807) is 13.8 Å². The number of alkyl halides is 2. The van der Waals surface area contributed by atoms with Crippen LogP contribution in [-0.2, 0) is 12.8 Å². The average molecular weight is 420 g/mol. The minimum atomic E-state index is -2.45. The van der Waals surface area contributed by atoms with Gasteiger partial charge in [-0.3, -0.25) is 9.56 Å². The van der Waals surface area contributed by atoms with Crippen molar-refractivity contribution >= 4 is 17.0 Å². The predicted molar refractivity (Wildman–Crippen MR) is 101 cm³/mol. The molecule has 9 heteroatoms. The first kappa shape index (κ1) is 18.5. The molecule has 0 spiro atoms. The Bertz CT molecular complexity index is 1140. The van der Waals surface area contributed by atoms with Gasteiger partial charge < -0.3 is 0 Å². The molecule has 2 aliphatic rings. The second-order valence-corrected chi connectivity index (χ2v) is 8.46. The number of aryl methyl sites for hydroxylation is 1. The summed E-state index contributed by atoms with van der Waals surface area (Å²) in [5.41, 5.74) is 1.13. The van der Waals surface area contributed by atoms with E-state index in [4.69, 9.17) is 0 Å². The first-order valence-corrected chi connectivity index (χ1v) is 10.1. The van der Waals surface area contributed by atoms with Crippen LogP contribution < -0.4 is 0 Å². The van der Waals surface area contributed by atoms with Crippen molar-refractivity contribution in [2.24, 2.45) is 10.9 Å². The molecule has 0 saturated heterocycles. The van der Waals surface area contributed by atoms with E-state index in [9.17, 15) is 17.6 Å². The van der Waals surface area contributed by atoms with Gasteiger partial charge in [0, 0.05) is 16.4 Å². The monoisotopic (exact) mass is 420 g/mol. The maximum atomic E-state index is 14.7. The third-order valence-corrected chi connectivity index (χ3v) is 6.77. The quantitative estimate of drug-likeness (QED) is 0.559. The van der Waals surface area contributed by atoms with E-state index in [1.165, 1.54) is 29.5 Å². The molecule has 0 saturated carbocycles. The van der Waals surface area contributed by atoms with Gasteiger partial charge in [0.1, 0.15) is 28.5 Å². The molecule has 0 fully saturated rings. The van der Waals surface area contributed by atoms with Gasteiger partial charge in [-0.25, -0.2) is 17.6 Å². The van der Waals surface area contributed by atoms with E-state index >= 15 is 0 Å². The van der Waals surface area contributed by atoms with Gasteiger partial charge in [0.2, 0.25) is 6.43 Å². The third kappa shape index (κ3) is 2.67. The SMILES string of the molecule is Cc1nnc2n1-c1sc3c(c1C(c1c(F)cccc1F)=N[C@H]2C)CC(C(F)F)C3. The summed E-state index contributed by atoms with van der Waals surface area (Å²) < 4.78 is 58.0. The Morgan fingerprint density at radius 2 is 1.83 bits per heavy atom. The third-order valence-electron chi connectivity index (χ3n) is 5.53. The molecule has 1 aliphatic heterocycles. The number of aliphatic imine (C=N–C) groups is 1. The highest BCUT2D eigenvalue weighted by Gasteiger charge is 2.39. The van der Waals surface area contributed by atoms with Crippen LogP contribution in [0.15, 0.2) is 23.2 Å². The molecule has 0 amide bonds. The van der Waals surface area contributed by atoms with E-state index in [0.717, 1.165) is 4.88 Å². The first-order valence-electron chi connectivity index (χ1n) is 9.24. The average Bonchev–Trinajstić information content (AvgIpc) is 3.30. The lowest BCUT2D eigenvalue weighted by molar-refractivity contribution is 0.0826. The van der Waals surface area contributed by atoms with Gasteiger partial charge in [-0.15, -0.1) is 21.5 Å². The largest absolute Gasteiger partial charge is 0.273 e. The molecular weight excluding hydrogens is 404 g/mol. The fourth-order valence-electron chi connectivity index (χ4n) is 4.16. The highest BCUT2D eigenvalue weighted by atomic mass is 32.1. The summed E-state index contributed by atoms with van der Waals surface area (Å²) in [6.07, 6.45) is -2.06. The highest BCUT2D eigenvalue weighted by molar-refractivity contribution is 7.15. The van der Waals surface area contributed by atoms with Crippen LogP contribution >= 0.6 is 11.3 Å². The minimum absolute atomic E-state index is 0.152. The summed E-state index contributed by atoms with van der Waals surface area (Å²) in [7, 11) is 0. The summed E-state index contributed by atoms with van der Waals surface area (Å²) in [6, 6.07) is 3.14. The Hall–Kier alpha value is -2.55. The molecule has 1 unspecified atom stereocenters. The van der Waals surface area contributed by atoms with Crippen LogP contribution in [0, 0.1) is 24.5 Å². The lowest BCUT2D eigenvalue weighted by Gasteiger charge is -2.13. The highest BCUT2D eigenvalue weighted by Crippen LogP contribution is 2.45. The van der Waals surface area contributed by atoms with Gasteiger partial charge in [0.05, 0.1) is 11.3 Å². The predicted octanol–water partition coefficient (Wildman–Crippen LogP) is 4.81. The number of hydrogen-bond acceptors (Lipinski definition) is 4. The number of benzene rings is 1. The van der Waals surface area contributed by atoms with Gasteiger partial charge >= 0.3 is 0 Å². The van der Waals surface area contributed by atoms with E-state index in [1.807, 2.05) is 4.57 Å². The molecule has 0 bridgehead atoms. The zero-order chi connectivity index (χ0) is 20.4. The molecule has 4 nitrogen and oxygen atoms in total. The van der Waals surface area contributed by atoms with E-state index < -0.39 is 30.0 Å². The van der Waals surface area contributed by atoms with Crippen molar-refractivity contribution in [2.45, 2.75) is 39.2 Å². The molecule has 1 aromatic carbocycles. The molecule has 0 N–H and O–H groups in total. The standard InChI is InChI=1S/C20H16F4N4S/c1-8-19-27-26-9(2)28(19)20-15(11-6-10(18(23)24)7-14(11)29-20)17(25-8)16-12(21)4-3-5-13(16)22/h3-5,8,10,18H,6-7H2,1-2H3/t8-,10?/m0/s1. The second kappa shape index (κ2) is 6.48. The van der Waals surface area contributed by atoms with E-state index in [-0.39, 0.29) is 24.1 Å². The second-order valence-electron chi connectivity index (χ2n) is 7.38. The fourth-order valence-corrected chi connectivity index (χ4v) is 5.64. The first-order chi connectivity index (χ1) is 13.9. The Morgan fingerprint density at radius 1 is 1.10 bits per heavy atom. The van der Waals surface area contributed by atoms with Crippen molar-refractivity contribution in [1.82, 2.24) is 14.8 Å². The van der Waals surface area contributed by atoms with Crippen LogP contribution in [0.4, 0.5) is 17.6 Å². The molecule has 5 rings (SSSR count). The molecule has 0 radical (unpaired) electrons. The molecule has 1 aliphatic carbocycles. The van der Waals surface area contributed by atoms with Crippen LogP contribution in [0.1, 0.15) is 46.2 Å². The number of aromatic nitrogens is 3. The lowest BCUT2D eigenvalue weighted by atomic mass is 9.97. The Kier molecular flexibility index (Phi) is 4.13. The Balaban J connectivity index is 1.82. The topological polar surface area (TPSA) is 43.1 Å². The number of halogens is 4. The van der Waals surface area contributed by atoms with Gasteiger partial charge in [0.15, 0.2) is 5.82 Å². The Labute approximate surface area is 167 Å². The van der Waals surface area contributed by atoms with E-state index in [2.05, 4.69) is 15.2 Å². The van der Waals surface area contributed by atoms with Crippen LogP contribution in [0.2, 0.25) is 0 Å². The number of nitrogens with zero attached hydrogens (tertiary/aromatic N) is 4. The summed E-state index contributed by atoms with van der Waals surface area (Å²) in [5, 5.41) is 9.02. The van der Waals surface area contributed by atoms with Crippen molar-refractivity contribution in [3.05, 3.63) is 63.0 Å². The fraction of sp³-hybridized carbons (Fsp3) is 0.350. The summed E-state index contributed by atoms with van der Waals surface area (Å²) >= 11 is 1.36. The molecule has 150 valence electrons. The molecule has 29 heavy (non-hydrogen) atoms. The van der Waals surface area contributed by atoms with Gasteiger partial charge in [-0.05, 0) is 44.4 Å². The number of hydrogen-bond donors (Lipinski definition) is 0. The molecule has 2 aromatic heterocycles. The van der Waals surface area contributed by atoms with Crippen LogP contribution in [0.5, 0.6) is 0 Å². The minimum Gasteiger partial charge on any atom is -0.273 e. The molecular formula is C20H16F4N4S. The molecule has 3 aromatic rings. The van der Waals surface area contributed by atoms with Gasteiger partial charge in [-0.1, -0.05) is 6.07 Å². The zero-order valence-electron chi connectivity index (χ0n) is 15.6. The number of thiophene rings is 1. The number of rotatable bonds is 2.